The molecule has 0 saturated heterocycles. The van der Waals surface area contributed by atoms with Crippen LogP contribution in [0.15, 0.2) is 39.9 Å². The molecule has 0 heterocycles. The van der Waals surface area contributed by atoms with E-state index in [0.717, 1.165) is 11.1 Å². The maximum atomic E-state index is 11.9. The molecule has 0 spiro atoms. The third kappa shape index (κ3) is 5.49. The Bertz CT molecular complexity index is 821. The molecule has 26 heavy (non-hydrogen) atoms. The van der Waals surface area contributed by atoms with Crippen LogP contribution in [0.3, 0.4) is 0 Å². The second-order valence-corrected chi connectivity index (χ2v) is 6.49. The van der Waals surface area contributed by atoms with Crippen molar-refractivity contribution in [3.63, 3.8) is 0 Å². The van der Waals surface area contributed by atoms with Crippen molar-refractivity contribution in [3.05, 3.63) is 51.5 Å². The number of benzene rings is 2. The number of carbonyl (C=O) groups is 1. The van der Waals surface area contributed by atoms with Crippen LogP contribution < -0.4 is 14.9 Å². The van der Waals surface area contributed by atoms with Crippen LogP contribution in [0.4, 0.5) is 0 Å². The van der Waals surface area contributed by atoms with E-state index in [4.69, 9.17) is 9.47 Å². The number of phenolic OH excluding ortho intramolecular Hbond substituents is 1. The average Bonchev–Trinajstić information content (AvgIpc) is 2.60. The Morgan fingerprint density at radius 2 is 2.00 bits per heavy atom. The number of ether oxygens (including phenoxy) is 2. The predicted octanol–water partition coefficient (Wildman–Crippen LogP) is 3.70. The molecule has 2 aromatic rings. The van der Waals surface area contributed by atoms with Crippen molar-refractivity contribution in [2.75, 3.05) is 13.2 Å². The fraction of sp³-hybridized carbons (Fsp3) is 0.263. The first-order valence-electron chi connectivity index (χ1n) is 8.08. The first kappa shape index (κ1) is 19.8. The summed E-state index contributed by atoms with van der Waals surface area (Å²) in [6.07, 6.45) is 1.46. The number of hydrazone groups is 1. The molecule has 0 saturated carbocycles. The Morgan fingerprint density at radius 3 is 2.73 bits per heavy atom. The van der Waals surface area contributed by atoms with Gasteiger partial charge in [-0.2, -0.15) is 5.10 Å². The standard InChI is InChI=1S/C19H21BrN2O4/c1-4-25-17-9-14(8-15(20)19(17)24)10-21-22-18(23)11-26-16-7-12(2)5-6-13(16)3/h5-10,24H,4,11H2,1-3H3,(H,22,23)/b21-10+. The third-order valence-electron chi connectivity index (χ3n) is 3.46. The molecule has 0 radical (unpaired) electrons. The number of amides is 1. The highest BCUT2D eigenvalue weighted by Crippen LogP contribution is 2.35. The van der Waals surface area contributed by atoms with Gasteiger partial charge in [0.2, 0.25) is 0 Å². The molecular formula is C19H21BrN2O4. The average molecular weight is 421 g/mol. The van der Waals surface area contributed by atoms with Crippen LogP contribution in [0.5, 0.6) is 17.2 Å². The van der Waals surface area contributed by atoms with Crippen LogP contribution in [0.25, 0.3) is 0 Å². The lowest BCUT2D eigenvalue weighted by molar-refractivity contribution is -0.123. The third-order valence-corrected chi connectivity index (χ3v) is 4.06. The fourth-order valence-corrected chi connectivity index (χ4v) is 2.61. The number of hydrogen-bond acceptors (Lipinski definition) is 5. The number of nitrogens with one attached hydrogen (secondary N) is 1. The van der Waals surface area contributed by atoms with Crippen molar-refractivity contribution in [2.45, 2.75) is 20.8 Å². The molecule has 2 aromatic carbocycles. The number of halogens is 1. The Labute approximate surface area is 161 Å². The summed E-state index contributed by atoms with van der Waals surface area (Å²) in [6.45, 7) is 5.99. The second-order valence-electron chi connectivity index (χ2n) is 5.63. The van der Waals surface area contributed by atoms with Crippen molar-refractivity contribution in [1.82, 2.24) is 5.43 Å². The molecule has 2 rings (SSSR count). The minimum atomic E-state index is -0.370. The van der Waals surface area contributed by atoms with E-state index in [1.807, 2.05) is 39.0 Å². The number of carbonyl (C=O) groups excluding carboxylic acids is 1. The highest BCUT2D eigenvalue weighted by Gasteiger charge is 2.08. The van der Waals surface area contributed by atoms with Gasteiger partial charge >= 0.3 is 0 Å². The molecule has 0 aromatic heterocycles. The smallest absolute Gasteiger partial charge is 0.277 e. The lowest BCUT2D eigenvalue weighted by Gasteiger charge is -2.09. The van der Waals surface area contributed by atoms with Crippen LogP contribution in [-0.2, 0) is 4.79 Å². The first-order chi connectivity index (χ1) is 12.4. The first-order valence-corrected chi connectivity index (χ1v) is 8.87. The minimum Gasteiger partial charge on any atom is -0.503 e. The summed E-state index contributed by atoms with van der Waals surface area (Å²) in [4.78, 5) is 11.9. The number of aryl methyl sites for hydroxylation is 2. The zero-order valence-electron chi connectivity index (χ0n) is 14.9. The number of nitrogens with zero attached hydrogens (tertiary/aromatic N) is 1. The molecule has 1 amide bonds. The Balaban J connectivity index is 1.93. The lowest BCUT2D eigenvalue weighted by Crippen LogP contribution is -2.24. The van der Waals surface area contributed by atoms with Gasteiger partial charge in [-0.25, -0.2) is 5.43 Å². The number of hydrogen-bond donors (Lipinski definition) is 2. The number of aromatic hydroxyl groups is 1. The van der Waals surface area contributed by atoms with E-state index in [0.29, 0.717) is 28.1 Å². The van der Waals surface area contributed by atoms with Crippen molar-refractivity contribution in [2.24, 2.45) is 5.10 Å². The van der Waals surface area contributed by atoms with Gasteiger partial charge in [0.1, 0.15) is 5.75 Å². The molecule has 0 bridgehead atoms. The summed E-state index contributed by atoms with van der Waals surface area (Å²) < 4.78 is 11.3. The Kier molecular flexibility index (Phi) is 7.03. The summed E-state index contributed by atoms with van der Waals surface area (Å²) in [7, 11) is 0. The Hall–Kier alpha value is -2.54. The van der Waals surface area contributed by atoms with Gasteiger partial charge < -0.3 is 14.6 Å². The van der Waals surface area contributed by atoms with Gasteiger partial charge in [0, 0.05) is 0 Å². The predicted molar refractivity (Wildman–Crippen MR) is 104 cm³/mol. The number of rotatable bonds is 7. The van der Waals surface area contributed by atoms with Gasteiger partial charge in [-0.1, -0.05) is 12.1 Å². The number of phenols is 1. The monoisotopic (exact) mass is 420 g/mol. The van der Waals surface area contributed by atoms with Crippen LogP contribution in [0.1, 0.15) is 23.6 Å². The van der Waals surface area contributed by atoms with Crippen LogP contribution >= 0.6 is 15.9 Å². The van der Waals surface area contributed by atoms with Crippen molar-refractivity contribution >= 4 is 28.1 Å². The van der Waals surface area contributed by atoms with Gasteiger partial charge in [0.25, 0.3) is 5.91 Å². The highest BCUT2D eigenvalue weighted by atomic mass is 79.9. The van der Waals surface area contributed by atoms with E-state index in [1.54, 1.807) is 12.1 Å². The highest BCUT2D eigenvalue weighted by molar-refractivity contribution is 9.10. The second kappa shape index (κ2) is 9.24. The molecule has 0 unspecified atom stereocenters. The van der Waals surface area contributed by atoms with E-state index in [1.165, 1.54) is 6.21 Å². The molecule has 2 N–H and O–H groups in total. The van der Waals surface area contributed by atoms with E-state index in [-0.39, 0.29) is 18.3 Å². The zero-order valence-corrected chi connectivity index (χ0v) is 16.5. The quantitative estimate of drug-likeness (QED) is 0.528. The van der Waals surface area contributed by atoms with Crippen LogP contribution in [-0.4, -0.2) is 30.4 Å². The Morgan fingerprint density at radius 1 is 1.23 bits per heavy atom. The summed E-state index contributed by atoms with van der Waals surface area (Å²) in [5.41, 5.74) is 5.09. The topological polar surface area (TPSA) is 80.2 Å². The molecule has 0 atom stereocenters. The molecule has 6 nitrogen and oxygen atoms in total. The summed E-state index contributed by atoms with van der Waals surface area (Å²) in [6, 6.07) is 9.11. The summed E-state index contributed by atoms with van der Waals surface area (Å²) in [5.74, 6) is 0.667. The molecule has 0 aliphatic carbocycles. The van der Waals surface area contributed by atoms with E-state index in [9.17, 15) is 9.90 Å². The van der Waals surface area contributed by atoms with Gasteiger partial charge in [0.05, 0.1) is 17.3 Å². The largest absolute Gasteiger partial charge is 0.503 e. The maximum Gasteiger partial charge on any atom is 0.277 e. The van der Waals surface area contributed by atoms with Gasteiger partial charge in [-0.05, 0) is 71.6 Å². The van der Waals surface area contributed by atoms with Crippen molar-refractivity contribution in [3.8, 4) is 17.2 Å². The molecule has 0 aliphatic heterocycles. The molecule has 0 aliphatic rings. The van der Waals surface area contributed by atoms with Crippen LogP contribution in [0.2, 0.25) is 0 Å². The van der Waals surface area contributed by atoms with Gasteiger partial charge in [-0.15, -0.1) is 0 Å². The maximum absolute atomic E-state index is 11.9. The summed E-state index contributed by atoms with van der Waals surface area (Å²) in [5, 5.41) is 13.8. The van der Waals surface area contributed by atoms with E-state index in [2.05, 4.69) is 26.5 Å². The SMILES string of the molecule is CCOc1cc(/C=N/NC(=O)COc2cc(C)ccc2C)cc(Br)c1O. The molecule has 7 heteroatoms. The molecular weight excluding hydrogens is 400 g/mol. The van der Waals surface area contributed by atoms with Gasteiger partial charge in [0.15, 0.2) is 18.1 Å². The van der Waals surface area contributed by atoms with E-state index >= 15 is 0 Å². The minimum absolute atomic E-state index is 0.0231. The van der Waals surface area contributed by atoms with Crippen molar-refractivity contribution < 1.29 is 19.4 Å². The van der Waals surface area contributed by atoms with Crippen molar-refractivity contribution in [1.29, 1.82) is 0 Å². The van der Waals surface area contributed by atoms with Crippen LogP contribution in [0, 0.1) is 13.8 Å². The lowest BCUT2D eigenvalue weighted by atomic mass is 10.1. The fourth-order valence-electron chi connectivity index (χ4n) is 2.15. The van der Waals surface area contributed by atoms with Gasteiger partial charge in [-0.3, -0.25) is 4.79 Å². The normalized spacial score (nSPS) is 10.8. The molecule has 0 fully saturated rings. The zero-order chi connectivity index (χ0) is 19.1. The molecule has 138 valence electrons. The van der Waals surface area contributed by atoms with E-state index < -0.39 is 0 Å². The summed E-state index contributed by atoms with van der Waals surface area (Å²) >= 11 is 3.25.